The van der Waals surface area contributed by atoms with Crippen LogP contribution < -0.4 is 21.3 Å². The first-order valence-corrected chi connectivity index (χ1v) is 9.58. The number of urea groups is 1. The van der Waals surface area contributed by atoms with Gasteiger partial charge in [-0.05, 0) is 32.0 Å². The third kappa shape index (κ3) is 3.51. The van der Waals surface area contributed by atoms with Gasteiger partial charge < -0.3 is 26.2 Å². The van der Waals surface area contributed by atoms with Crippen LogP contribution in [0.3, 0.4) is 0 Å². The standard InChI is InChI=1S/C19H24FN7O/c1-2-21-19(28)27-8-4-5-12(27)9-23-18-15(20)11-25-17(26-18)14-10-24-16-13(14)6-3-7-22-16/h3,6-7,10-12,16,22,24H,2,4-5,8-9H2,1H3,(H,21,28)(H,23,25,26)/t12-,16?/m1/s1. The van der Waals surface area contributed by atoms with Crippen LogP contribution in [-0.2, 0) is 0 Å². The number of nitrogens with one attached hydrogen (secondary N) is 4. The number of carbonyl (C=O) groups excluding carboxylic acids is 1. The first kappa shape index (κ1) is 18.3. The molecule has 2 amide bonds. The minimum absolute atomic E-state index is 0.0106. The van der Waals surface area contributed by atoms with Crippen LogP contribution in [-0.4, -0.2) is 52.7 Å². The van der Waals surface area contributed by atoms with E-state index in [-0.39, 0.29) is 24.1 Å². The minimum Gasteiger partial charge on any atom is -0.368 e. The molecule has 0 radical (unpaired) electrons. The van der Waals surface area contributed by atoms with Crippen molar-refractivity contribution in [3.63, 3.8) is 0 Å². The molecule has 9 heteroatoms. The van der Waals surface area contributed by atoms with Crippen molar-refractivity contribution in [2.24, 2.45) is 0 Å². The number of hydrogen-bond acceptors (Lipinski definition) is 6. The molecule has 28 heavy (non-hydrogen) atoms. The zero-order valence-electron chi connectivity index (χ0n) is 15.7. The molecule has 0 spiro atoms. The molecule has 1 aromatic rings. The second-order valence-corrected chi connectivity index (χ2v) is 6.90. The number of hydrogen-bond donors (Lipinski definition) is 4. The van der Waals surface area contributed by atoms with E-state index in [1.807, 2.05) is 31.5 Å². The van der Waals surface area contributed by atoms with E-state index >= 15 is 0 Å². The number of nitrogens with zero attached hydrogens (tertiary/aromatic N) is 3. The predicted molar refractivity (Wildman–Crippen MR) is 105 cm³/mol. The molecule has 2 atom stereocenters. The summed E-state index contributed by atoms with van der Waals surface area (Å²) in [5, 5.41) is 12.3. The monoisotopic (exact) mass is 385 g/mol. The molecule has 0 aliphatic carbocycles. The Morgan fingerprint density at radius 2 is 2.32 bits per heavy atom. The van der Waals surface area contributed by atoms with Gasteiger partial charge in [0.1, 0.15) is 6.17 Å². The topological polar surface area (TPSA) is 94.2 Å². The van der Waals surface area contributed by atoms with E-state index in [0.717, 1.165) is 24.0 Å². The van der Waals surface area contributed by atoms with E-state index in [0.29, 0.717) is 25.5 Å². The summed E-state index contributed by atoms with van der Waals surface area (Å²) in [6.45, 7) is 3.63. The maximum Gasteiger partial charge on any atom is 0.317 e. The Morgan fingerprint density at radius 3 is 3.18 bits per heavy atom. The van der Waals surface area contributed by atoms with Gasteiger partial charge in [-0.25, -0.2) is 19.2 Å². The molecule has 1 fully saturated rings. The maximum atomic E-state index is 14.3. The molecule has 3 aliphatic heterocycles. The number of anilines is 1. The van der Waals surface area contributed by atoms with E-state index < -0.39 is 5.82 Å². The second kappa shape index (κ2) is 7.87. The van der Waals surface area contributed by atoms with Crippen LogP contribution in [0.4, 0.5) is 15.0 Å². The van der Waals surface area contributed by atoms with Crippen molar-refractivity contribution in [1.82, 2.24) is 30.8 Å². The fourth-order valence-corrected chi connectivity index (χ4v) is 3.72. The summed E-state index contributed by atoms with van der Waals surface area (Å²) in [7, 11) is 0. The third-order valence-corrected chi connectivity index (χ3v) is 5.11. The van der Waals surface area contributed by atoms with Gasteiger partial charge in [-0.15, -0.1) is 0 Å². The number of carbonyl (C=O) groups is 1. The van der Waals surface area contributed by atoms with Crippen LogP contribution in [0.1, 0.15) is 25.6 Å². The minimum atomic E-state index is -0.509. The molecule has 1 saturated heterocycles. The quantitative estimate of drug-likeness (QED) is 0.614. The summed E-state index contributed by atoms with van der Waals surface area (Å²) in [6, 6.07) is -0.0647. The number of allylic oxidation sites excluding steroid dienone is 2. The molecule has 0 saturated carbocycles. The average Bonchev–Trinajstić information content (AvgIpc) is 3.34. The van der Waals surface area contributed by atoms with Crippen molar-refractivity contribution >= 4 is 17.4 Å². The number of aromatic nitrogens is 2. The summed E-state index contributed by atoms with van der Waals surface area (Å²) in [4.78, 5) is 22.5. The Labute approximate surface area is 163 Å². The van der Waals surface area contributed by atoms with E-state index in [4.69, 9.17) is 0 Å². The average molecular weight is 385 g/mol. The second-order valence-electron chi connectivity index (χ2n) is 6.90. The van der Waals surface area contributed by atoms with Crippen LogP contribution in [0.5, 0.6) is 0 Å². The normalized spacial score (nSPS) is 22.7. The van der Waals surface area contributed by atoms with Gasteiger partial charge >= 0.3 is 6.03 Å². The third-order valence-electron chi connectivity index (χ3n) is 5.11. The van der Waals surface area contributed by atoms with Crippen molar-refractivity contribution < 1.29 is 9.18 Å². The van der Waals surface area contributed by atoms with E-state index in [9.17, 15) is 9.18 Å². The number of halogens is 1. The SMILES string of the molecule is CCNC(=O)N1CCC[C@@H]1CNc1nc(C2=CNC3NC=CC=C23)ncc1F. The predicted octanol–water partition coefficient (Wildman–Crippen LogP) is 1.53. The maximum absolute atomic E-state index is 14.3. The highest BCUT2D eigenvalue weighted by molar-refractivity contribution is 5.80. The van der Waals surface area contributed by atoms with Gasteiger partial charge in [0.2, 0.25) is 0 Å². The molecular weight excluding hydrogens is 361 g/mol. The molecule has 4 N–H and O–H groups in total. The van der Waals surface area contributed by atoms with Crippen LogP contribution in [0, 0.1) is 5.82 Å². The lowest BCUT2D eigenvalue weighted by atomic mass is 10.0. The molecule has 0 bridgehead atoms. The highest BCUT2D eigenvalue weighted by atomic mass is 19.1. The summed E-state index contributed by atoms with van der Waals surface area (Å²) in [5.74, 6) is 0.0938. The summed E-state index contributed by atoms with van der Waals surface area (Å²) in [6.07, 6.45) is 10.6. The van der Waals surface area contributed by atoms with Gasteiger partial charge in [0.05, 0.1) is 12.2 Å². The highest BCUT2D eigenvalue weighted by Crippen LogP contribution is 2.29. The van der Waals surface area contributed by atoms with Crippen molar-refractivity contribution in [3.05, 3.63) is 48.0 Å². The number of amides is 2. The summed E-state index contributed by atoms with van der Waals surface area (Å²) >= 11 is 0. The Balaban J connectivity index is 1.47. The van der Waals surface area contributed by atoms with E-state index in [1.54, 1.807) is 4.90 Å². The zero-order valence-corrected chi connectivity index (χ0v) is 15.7. The number of fused-ring (bicyclic) bond motifs is 1. The Hall–Kier alpha value is -3.10. The molecule has 4 rings (SSSR count). The van der Waals surface area contributed by atoms with Crippen LogP contribution in [0.15, 0.2) is 36.3 Å². The van der Waals surface area contributed by atoms with Gasteiger partial charge in [0, 0.05) is 37.0 Å². The summed E-state index contributed by atoms with van der Waals surface area (Å²) in [5.41, 5.74) is 1.84. The number of dihydropyridines is 1. The van der Waals surface area contributed by atoms with Crippen molar-refractivity contribution in [2.75, 3.05) is 25.0 Å². The fourth-order valence-electron chi connectivity index (χ4n) is 3.72. The molecule has 3 aliphatic rings. The Kier molecular flexibility index (Phi) is 5.14. The van der Waals surface area contributed by atoms with Crippen LogP contribution in [0.25, 0.3) is 5.57 Å². The smallest absolute Gasteiger partial charge is 0.317 e. The fraction of sp³-hybridized carbons (Fsp3) is 0.421. The van der Waals surface area contributed by atoms with E-state index in [2.05, 4.69) is 31.2 Å². The molecular formula is C19H24FN7O. The lowest BCUT2D eigenvalue weighted by molar-refractivity contribution is 0.195. The van der Waals surface area contributed by atoms with Gasteiger partial charge in [-0.2, -0.15) is 0 Å². The molecule has 8 nitrogen and oxygen atoms in total. The van der Waals surface area contributed by atoms with Crippen LogP contribution in [0.2, 0.25) is 0 Å². The van der Waals surface area contributed by atoms with Gasteiger partial charge in [0.25, 0.3) is 0 Å². The van der Waals surface area contributed by atoms with Gasteiger partial charge in [-0.1, -0.05) is 6.08 Å². The Morgan fingerprint density at radius 1 is 1.43 bits per heavy atom. The molecule has 148 valence electrons. The zero-order chi connectivity index (χ0) is 19.5. The van der Waals surface area contributed by atoms with Crippen LogP contribution >= 0.6 is 0 Å². The molecule has 0 aromatic carbocycles. The molecule has 4 heterocycles. The van der Waals surface area contributed by atoms with Gasteiger partial charge in [0.15, 0.2) is 17.5 Å². The highest BCUT2D eigenvalue weighted by Gasteiger charge is 2.29. The Bertz CT molecular complexity index is 851. The lowest BCUT2D eigenvalue weighted by Gasteiger charge is -2.25. The lowest BCUT2D eigenvalue weighted by Crippen LogP contribution is -2.45. The van der Waals surface area contributed by atoms with Crippen molar-refractivity contribution in [2.45, 2.75) is 32.0 Å². The molecule has 1 aromatic heterocycles. The molecule has 1 unspecified atom stereocenters. The van der Waals surface area contributed by atoms with E-state index in [1.165, 1.54) is 6.20 Å². The van der Waals surface area contributed by atoms with Crippen molar-refractivity contribution in [3.8, 4) is 0 Å². The summed E-state index contributed by atoms with van der Waals surface area (Å²) < 4.78 is 14.3. The number of likely N-dealkylation sites (tertiary alicyclic amines) is 1. The first-order valence-electron chi connectivity index (χ1n) is 9.58. The van der Waals surface area contributed by atoms with Gasteiger partial charge in [-0.3, -0.25) is 0 Å². The number of rotatable bonds is 5. The first-order chi connectivity index (χ1) is 13.7. The largest absolute Gasteiger partial charge is 0.368 e. The van der Waals surface area contributed by atoms with Crippen molar-refractivity contribution in [1.29, 1.82) is 0 Å².